The standard InChI is InChI=1S/C27H29N3O3S2/c1-14-11-15(2)23(16(3)12-14)29-24(31)17(4)34-27-28-21-10-9-18(13-22(21)35-27)30-25(32)19-7-5-6-8-20(19)26(30)33/h9-13,17,19-20H,5-8H2,1-4H3,(H,29,31)/t17-,19-,20+/m1/s1. The number of thioether (sulfide) groups is 1. The first-order chi connectivity index (χ1) is 16.7. The Morgan fingerprint density at radius 3 is 2.31 bits per heavy atom. The maximum absolute atomic E-state index is 13.0. The number of anilines is 2. The summed E-state index contributed by atoms with van der Waals surface area (Å²) in [5.74, 6) is -0.532. The molecule has 3 aromatic rings. The minimum atomic E-state index is -0.333. The second-order valence-corrected chi connectivity index (χ2v) is 12.3. The van der Waals surface area contributed by atoms with Crippen LogP contribution in [-0.4, -0.2) is 28.0 Å². The Morgan fingerprint density at radius 2 is 1.69 bits per heavy atom. The van der Waals surface area contributed by atoms with E-state index in [1.807, 2.05) is 45.9 Å². The number of nitrogens with zero attached hydrogens (tertiary/aromatic N) is 2. The fraction of sp³-hybridized carbons (Fsp3) is 0.407. The number of rotatable bonds is 5. The minimum Gasteiger partial charge on any atom is -0.325 e. The molecule has 5 rings (SSSR count). The lowest BCUT2D eigenvalue weighted by Gasteiger charge is -2.19. The van der Waals surface area contributed by atoms with E-state index < -0.39 is 0 Å². The zero-order chi connectivity index (χ0) is 24.9. The number of amides is 3. The summed E-state index contributed by atoms with van der Waals surface area (Å²) in [6.45, 7) is 7.93. The molecule has 1 aliphatic carbocycles. The van der Waals surface area contributed by atoms with Gasteiger partial charge in [-0.15, -0.1) is 11.3 Å². The third-order valence-corrected chi connectivity index (χ3v) is 9.24. The van der Waals surface area contributed by atoms with Crippen LogP contribution in [0.4, 0.5) is 11.4 Å². The second-order valence-electron chi connectivity index (χ2n) is 9.66. The van der Waals surface area contributed by atoms with Crippen LogP contribution in [0.15, 0.2) is 34.7 Å². The van der Waals surface area contributed by atoms with Crippen LogP contribution in [-0.2, 0) is 14.4 Å². The maximum Gasteiger partial charge on any atom is 0.237 e. The largest absolute Gasteiger partial charge is 0.325 e. The third-order valence-electron chi connectivity index (χ3n) is 7.02. The molecular weight excluding hydrogens is 478 g/mol. The number of fused-ring (bicyclic) bond motifs is 2. The van der Waals surface area contributed by atoms with Gasteiger partial charge < -0.3 is 5.32 Å². The summed E-state index contributed by atoms with van der Waals surface area (Å²) < 4.78 is 1.68. The highest BCUT2D eigenvalue weighted by atomic mass is 32.2. The topological polar surface area (TPSA) is 79.4 Å². The molecule has 35 heavy (non-hydrogen) atoms. The predicted octanol–water partition coefficient (Wildman–Crippen LogP) is 6.02. The van der Waals surface area contributed by atoms with Crippen molar-refractivity contribution in [1.29, 1.82) is 0 Å². The van der Waals surface area contributed by atoms with Crippen LogP contribution in [0.2, 0.25) is 0 Å². The zero-order valence-corrected chi connectivity index (χ0v) is 22.0. The first-order valence-electron chi connectivity index (χ1n) is 12.1. The number of aromatic nitrogens is 1. The smallest absolute Gasteiger partial charge is 0.237 e. The Labute approximate surface area is 213 Å². The summed E-state index contributed by atoms with van der Waals surface area (Å²) in [7, 11) is 0. The van der Waals surface area contributed by atoms with Crippen LogP contribution >= 0.6 is 23.1 Å². The summed E-state index contributed by atoms with van der Waals surface area (Å²) in [6.07, 6.45) is 3.63. The number of hydrogen-bond donors (Lipinski definition) is 1. The van der Waals surface area contributed by atoms with E-state index in [9.17, 15) is 14.4 Å². The number of nitrogens with one attached hydrogen (secondary N) is 1. The molecule has 6 nitrogen and oxygen atoms in total. The van der Waals surface area contributed by atoms with Gasteiger partial charge in [0.1, 0.15) is 0 Å². The van der Waals surface area contributed by atoms with Gasteiger partial charge in [0.2, 0.25) is 17.7 Å². The van der Waals surface area contributed by atoms with Crippen molar-refractivity contribution >= 4 is 62.4 Å². The molecule has 182 valence electrons. The van der Waals surface area contributed by atoms with Crippen LogP contribution in [0.5, 0.6) is 0 Å². The molecular formula is C27H29N3O3S2. The number of thiazole rings is 1. The van der Waals surface area contributed by atoms with Crippen molar-refractivity contribution in [2.45, 2.75) is 63.0 Å². The van der Waals surface area contributed by atoms with E-state index in [4.69, 9.17) is 0 Å². The van der Waals surface area contributed by atoms with E-state index in [0.29, 0.717) is 5.69 Å². The van der Waals surface area contributed by atoms with Crippen LogP contribution in [0.25, 0.3) is 10.2 Å². The van der Waals surface area contributed by atoms with Crippen molar-refractivity contribution in [3.8, 4) is 0 Å². The monoisotopic (exact) mass is 507 g/mol. The molecule has 2 fully saturated rings. The number of carbonyl (C=O) groups excluding carboxylic acids is 3. The lowest BCUT2D eigenvalue weighted by molar-refractivity contribution is -0.122. The van der Waals surface area contributed by atoms with Gasteiger partial charge in [0.05, 0.1) is 33.0 Å². The fourth-order valence-electron chi connectivity index (χ4n) is 5.31. The Hall–Kier alpha value is -2.71. The van der Waals surface area contributed by atoms with Crippen LogP contribution < -0.4 is 10.2 Å². The molecule has 1 saturated carbocycles. The van der Waals surface area contributed by atoms with Gasteiger partial charge in [-0.3, -0.25) is 19.3 Å². The van der Waals surface area contributed by atoms with Crippen molar-refractivity contribution in [2.24, 2.45) is 11.8 Å². The van der Waals surface area contributed by atoms with E-state index in [0.717, 1.165) is 57.1 Å². The van der Waals surface area contributed by atoms with Gasteiger partial charge in [0, 0.05) is 5.69 Å². The summed E-state index contributed by atoms with van der Waals surface area (Å²) in [5, 5.41) is 2.74. The molecule has 1 aromatic heterocycles. The summed E-state index contributed by atoms with van der Waals surface area (Å²) >= 11 is 2.90. The molecule has 0 spiro atoms. The van der Waals surface area contributed by atoms with Gasteiger partial charge in [-0.05, 0) is 69.9 Å². The van der Waals surface area contributed by atoms with Gasteiger partial charge in [-0.2, -0.15) is 0 Å². The Morgan fingerprint density at radius 1 is 1.06 bits per heavy atom. The number of hydrogen-bond acceptors (Lipinski definition) is 6. The number of carbonyl (C=O) groups is 3. The average Bonchev–Trinajstić information content (AvgIpc) is 3.33. The van der Waals surface area contributed by atoms with Crippen LogP contribution in [0.1, 0.15) is 49.3 Å². The average molecular weight is 508 g/mol. The summed E-state index contributed by atoms with van der Waals surface area (Å²) in [5.41, 5.74) is 5.56. The van der Waals surface area contributed by atoms with Crippen LogP contribution in [0, 0.1) is 32.6 Å². The highest BCUT2D eigenvalue weighted by Gasteiger charge is 2.48. The van der Waals surface area contributed by atoms with E-state index in [1.54, 1.807) is 0 Å². The lowest BCUT2D eigenvalue weighted by Crippen LogP contribution is -2.30. The van der Waals surface area contributed by atoms with Gasteiger partial charge in [0.25, 0.3) is 0 Å². The number of benzene rings is 2. The predicted molar refractivity (Wildman–Crippen MR) is 142 cm³/mol. The summed E-state index contributed by atoms with van der Waals surface area (Å²) in [6, 6.07) is 9.68. The van der Waals surface area contributed by atoms with E-state index in [1.165, 1.54) is 33.6 Å². The summed E-state index contributed by atoms with van der Waals surface area (Å²) in [4.78, 5) is 44.9. The van der Waals surface area contributed by atoms with Gasteiger partial charge in [-0.25, -0.2) is 4.98 Å². The Kier molecular flexibility index (Phi) is 6.44. The second kappa shape index (κ2) is 9.39. The van der Waals surface area contributed by atoms with Crippen molar-refractivity contribution in [3.05, 3.63) is 47.0 Å². The van der Waals surface area contributed by atoms with Crippen molar-refractivity contribution in [2.75, 3.05) is 10.2 Å². The lowest BCUT2D eigenvalue weighted by atomic mass is 9.81. The highest BCUT2D eigenvalue weighted by molar-refractivity contribution is 8.02. The fourth-order valence-corrected chi connectivity index (χ4v) is 7.55. The van der Waals surface area contributed by atoms with Gasteiger partial charge >= 0.3 is 0 Å². The van der Waals surface area contributed by atoms with Crippen molar-refractivity contribution in [3.63, 3.8) is 0 Å². The molecule has 3 atom stereocenters. The Balaban J connectivity index is 1.32. The molecule has 2 aromatic carbocycles. The van der Waals surface area contributed by atoms with Crippen molar-refractivity contribution < 1.29 is 14.4 Å². The molecule has 1 N–H and O–H groups in total. The van der Waals surface area contributed by atoms with Gasteiger partial charge in [0.15, 0.2) is 4.34 Å². The van der Waals surface area contributed by atoms with Crippen molar-refractivity contribution in [1.82, 2.24) is 4.98 Å². The first-order valence-corrected chi connectivity index (χ1v) is 13.8. The molecule has 0 radical (unpaired) electrons. The molecule has 2 aliphatic rings. The number of aryl methyl sites for hydroxylation is 3. The molecule has 0 bridgehead atoms. The van der Waals surface area contributed by atoms with E-state index >= 15 is 0 Å². The quantitative estimate of drug-likeness (QED) is 0.337. The first kappa shape index (κ1) is 24.0. The maximum atomic E-state index is 13.0. The highest BCUT2D eigenvalue weighted by Crippen LogP contribution is 2.41. The number of imide groups is 1. The minimum absolute atomic E-state index is 0.0647. The SMILES string of the molecule is Cc1cc(C)c(NC(=O)[C@@H](C)Sc2nc3ccc(N4C(=O)[C@H]5CCCC[C@H]5C4=O)cc3s2)c(C)c1. The molecule has 1 aliphatic heterocycles. The van der Waals surface area contributed by atoms with E-state index in [2.05, 4.69) is 22.4 Å². The molecule has 1 saturated heterocycles. The molecule has 2 heterocycles. The molecule has 8 heteroatoms. The van der Waals surface area contributed by atoms with Crippen LogP contribution in [0.3, 0.4) is 0 Å². The third kappa shape index (κ3) is 4.49. The molecule has 0 unspecified atom stereocenters. The Bertz CT molecular complexity index is 1300. The van der Waals surface area contributed by atoms with Gasteiger partial charge in [-0.1, -0.05) is 42.3 Å². The van der Waals surface area contributed by atoms with E-state index in [-0.39, 0.29) is 34.8 Å². The normalized spacial score (nSPS) is 20.9. The zero-order valence-electron chi connectivity index (χ0n) is 20.4. The molecule has 3 amide bonds.